The molecule has 0 atom stereocenters. The van der Waals surface area contributed by atoms with Gasteiger partial charge in [-0.3, -0.25) is 5.10 Å². The number of rotatable bonds is 6. The summed E-state index contributed by atoms with van der Waals surface area (Å²) in [4.78, 5) is 3.99. The molecule has 0 bridgehead atoms. The van der Waals surface area contributed by atoms with Crippen LogP contribution in [0.2, 0.25) is 5.15 Å². The van der Waals surface area contributed by atoms with Crippen LogP contribution in [0.1, 0.15) is 18.2 Å². The molecule has 0 radical (unpaired) electrons. The molecular formula is C11H16ClN5. The molecule has 0 amide bonds. The summed E-state index contributed by atoms with van der Waals surface area (Å²) in [6.45, 7) is 4.60. The molecule has 6 heteroatoms. The number of imidazole rings is 1. The molecule has 0 aromatic carbocycles. The van der Waals surface area contributed by atoms with Crippen molar-refractivity contribution in [3.8, 4) is 0 Å². The zero-order valence-electron chi connectivity index (χ0n) is 9.78. The van der Waals surface area contributed by atoms with Crippen molar-refractivity contribution in [1.29, 1.82) is 0 Å². The fraction of sp³-hybridized carbons (Fsp3) is 0.455. The van der Waals surface area contributed by atoms with Gasteiger partial charge in [-0.05, 0) is 6.42 Å². The van der Waals surface area contributed by atoms with Gasteiger partial charge in [0.1, 0.15) is 0 Å². The van der Waals surface area contributed by atoms with Crippen LogP contribution in [0.25, 0.3) is 0 Å². The average molecular weight is 254 g/mol. The molecule has 17 heavy (non-hydrogen) atoms. The van der Waals surface area contributed by atoms with Gasteiger partial charge in [0, 0.05) is 43.3 Å². The highest BCUT2D eigenvalue weighted by Crippen LogP contribution is 2.16. The Balaban J connectivity index is 1.79. The van der Waals surface area contributed by atoms with E-state index in [9.17, 15) is 0 Å². The fourth-order valence-corrected chi connectivity index (χ4v) is 1.91. The van der Waals surface area contributed by atoms with Crippen molar-refractivity contribution in [3.63, 3.8) is 0 Å². The van der Waals surface area contributed by atoms with E-state index in [1.54, 1.807) is 6.20 Å². The Morgan fingerprint density at radius 3 is 3.12 bits per heavy atom. The highest BCUT2D eigenvalue weighted by atomic mass is 35.5. The molecule has 0 fully saturated rings. The van der Waals surface area contributed by atoms with Gasteiger partial charge in [-0.2, -0.15) is 5.10 Å². The SMILES string of the molecule is CCc1[nH]nc(Cl)c1CNCCn1ccnc1. The van der Waals surface area contributed by atoms with E-state index in [0.717, 1.165) is 37.3 Å². The second kappa shape index (κ2) is 5.84. The van der Waals surface area contributed by atoms with E-state index < -0.39 is 0 Å². The molecule has 5 nitrogen and oxygen atoms in total. The number of hydrogen-bond donors (Lipinski definition) is 2. The lowest BCUT2D eigenvalue weighted by Crippen LogP contribution is -2.19. The van der Waals surface area contributed by atoms with Crippen LogP contribution >= 0.6 is 11.6 Å². The first-order valence-corrected chi connectivity index (χ1v) is 6.07. The van der Waals surface area contributed by atoms with E-state index >= 15 is 0 Å². The summed E-state index contributed by atoms with van der Waals surface area (Å²) in [5.41, 5.74) is 2.17. The first-order valence-electron chi connectivity index (χ1n) is 5.69. The molecule has 2 N–H and O–H groups in total. The Kier molecular flexibility index (Phi) is 4.17. The van der Waals surface area contributed by atoms with E-state index in [1.807, 2.05) is 17.1 Å². The first kappa shape index (κ1) is 12.1. The third kappa shape index (κ3) is 3.08. The molecule has 0 unspecified atom stereocenters. The summed E-state index contributed by atoms with van der Waals surface area (Å²) in [6.07, 6.45) is 6.45. The number of aromatic amines is 1. The highest BCUT2D eigenvalue weighted by Gasteiger charge is 2.08. The molecule has 0 saturated heterocycles. The van der Waals surface area contributed by atoms with Gasteiger partial charge in [0.25, 0.3) is 0 Å². The van der Waals surface area contributed by atoms with Crippen LogP contribution in [-0.4, -0.2) is 26.3 Å². The molecule has 2 rings (SSSR count). The maximum absolute atomic E-state index is 6.00. The molecule has 2 heterocycles. The molecule has 0 saturated carbocycles. The summed E-state index contributed by atoms with van der Waals surface area (Å²) in [5.74, 6) is 0. The topological polar surface area (TPSA) is 58.5 Å². The summed E-state index contributed by atoms with van der Waals surface area (Å²) < 4.78 is 2.03. The molecule has 0 aliphatic rings. The van der Waals surface area contributed by atoms with Gasteiger partial charge in [0.2, 0.25) is 0 Å². The summed E-state index contributed by atoms with van der Waals surface area (Å²) >= 11 is 6.00. The number of H-pyrrole nitrogens is 1. The van der Waals surface area contributed by atoms with Crippen molar-refractivity contribution in [2.75, 3.05) is 6.54 Å². The van der Waals surface area contributed by atoms with Crippen LogP contribution in [0, 0.1) is 0 Å². The number of aromatic nitrogens is 4. The van der Waals surface area contributed by atoms with Crippen molar-refractivity contribution >= 4 is 11.6 Å². The second-order valence-electron chi connectivity index (χ2n) is 3.80. The van der Waals surface area contributed by atoms with E-state index in [1.165, 1.54) is 0 Å². The van der Waals surface area contributed by atoms with E-state index in [-0.39, 0.29) is 0 Å². The van der Waals surface area contributed by atoms with Gasteiger partial charge < -0.3 is 9.88 Å². The minimum atomic E-state index is 0.567. The number of nitrogens with zero attached hydrogens (tertiary/aromatic N) is 3. The number of nitrogens with one attached hydrogen (secondary N) is 2. The predicted octanol–water partition coefficient (Wildman–Crippen LogP) is 1.61. The van der Waals surface area contributed by atoms with Crippen LogP contribution in [0.15, 0.2) is 18.7 Å². The van der Waals surface area contributed by atoms with Gasteiger partial charge in [-0.25, -0.2) is 4.98 Å². The minimum absolute atomic E-state index is 0.567. The predicted molar refractivity (Wildman–Crippen MR) is 66.9 cm³/mol. The minimum Gasteiger partial charge on any atom is -0.336 e. The van der Waals surface area contributed by atoms with Crippen LogP contribution in [0.3, 0.4) is 0 Å². The van der Waals surface area contributed by atoms with Crippen LogP contribution in [-0.2, 0) is 19.5 Å². The van der Waals surface area contributed by atoms with Crippen LogP contribution in [0.4, 0.5) is 0 Å². The summed E-state index contributed by atoms with van der Waals surface area (Å²) in [6, 6.07) is 0. The lowest BCUT2D eigenvalue weighted by atomic mass is 10.2. The van der Waals surface area contributed by atoms with Crippen molar-refractivity contribution in [1.82, 2.24) is 25.1 Å². The molecule has 0 aliphatic carbocycles. The summed E-state index contributed by atoms with van der Waals surface area (Å²) in [5, 5.41) is 10.9. The maximum Gasteiger partial charge on any atom is 0.155 e. The van der Waals surface area contributed by atoms with E-state index in [0.29, 0.717) is 5.15 Å². The monoisotopic (exact) mass is 253 g/mol. The maximum atomic E-state index is 6.00. The highest BCUT2D eigenvalue weighted by molar-refractivity contribution is 6.30. The Hall–Kier alpha value is -1.33. The largest absolute Gasteiger partial charge is 0.336 e. The Morgan fingerprint density at radius 1 is 1.53 bits per heavy atom. The molecular weight excluding hydrogens is 238 g/mol. The molecule has 0 aliphatic heterocycles. The summed E-state index contributed by atoms with van der Waals surface area (Å²) in [7, 11) is 0. The van der Waals surface area contributed by atoms with Gasteiger partial charge in [0.15, 0.2) is 5.15 Å². The van der Waals surface area contributed by atoms with Gasteiger partial charge >= 0.3 is 0 Å². The molecule has 2 aromatic heterocycles. The van der Waals surface area contributed by atoms with Gasteiger partial charge in [-0.15, -0.1) is 0 Å². The third-order valence-corrected chi connectivity index (χ3v) is 2.98. The lowest BCUT2D eigenvalue weighted by Gasteiger charge is -2.05. The molecule has 92 valence electrons. The van der Waals surface area contributed by atoms with Crippen molar-refractivity contribution in [2.24, 2.45) is 0 Å². The molecule has 0 spiro atoms. The van der Waals surface area contributed by atoms with Gasteiger partial charge in [0.05, 0.1) is 6.33 Å². The number of hydrogen-bond acceptors (Lipinski definition) is 3. The molecule has 2 aromatic rings. The Morgan fingerprint density at radius 2 is 2.41 bits per heavy atom. The fourth-order valence-electron chi connectivity index (χ4n) is 1.69. The smallest absolute Gasteiger partial charge is 0.155 e. The Labute approximate surface area is 105 Å². The van der Waals surface area contributed by atoms with E-state index in [2.05, 4.69) is 27.4 Å². The van der Waals surface area contributed by atoms with Crippen molar-refractivity contribution in [3.05, 3.63) is 35.1 Å². The third-order valence-electron chi connectivity index (χ3n) is 2.66. The van der Waals surface area contributed by atoms with Crippen molar-refractivity contribution in [2.45, 2.75) is 26.4 Å². The van der Waals surface area contributed by atoms with Gasteiger partial charge in [-0.1, -0.05) is 18.5 Å². The van der Waals surface area contributed by atoms with Crippen LogP contribution < -0.4 is 5.32 Å². The van der Waals surface area contributed by atoms with Crippen LogP contribution in [0.5, 0.6) is 0 Å². The Bertz CT molecular complexity index is 448. The van der Waals surface area contributed by atoms with Crippen molar-refractivity contribution < 1.29 is 0 Å². The van der Waals surface area contributed by atoms with E-state index in [4.69, 9.17) is 11.6 Å². The zero-order chi connectivity index (χ0) is 12.1. The number of halogens is 1. The average Bonchev–Trinajstić information content (AvgIpc) is 2.95. The zero-order valence-corrected chi connectivity index (χ0v) is 10.5. The standard InChI is InChI=1S/C11H16ClN5/c1-2-10-9(11(12)16-15-10)7-13-3-5-17-6-4-14-8-17/h4,6,8,13H,2-3,5,7H2,1H3,(H,15,16). The first-order chi connectivity index (χ1) is 8.31. The normalized spacial score (nSPS) is 10.9. The quantitative estimate of drug-likeness (QED) is 0.769. The number of aryl methyl sites for hydroxylation is 1. The lowest BCUT2D eigenvalue weighted by molar-refractivity contribution is 0.596. The second-order valence-corrected chi connectivity index (χ2v) is 4.16.